The predicted octanol–water partition coefficient (Wildman–Crippen LogP) is 4.27. The van der Waals surface area contributed by atoms with Gasteiger partial charge in [0, 0.05) is 12.6 Å². The van der Waals surface area contributed by atoms with E-state index >= 15 is 0 Å². The van der Waals surface area contributed by atoms with E-state index in [9.17, 15) is 9.59 Å². The lowest BCUT2D eigenvalue weighted by atomic mass is 10.2. The highest BCUT2D eigenvalue weighted by Crippen LogP contribution is 2.22. The zero-order chi connectivity index (χ0) is 22.2. The van der Waals surface area contributed by atoms with E-state index in [1.54, 1.807) is 12.4 Å². The van der Waals surface area contributed by atoms with Crippen LogP contribution in [0.15, 0.2) is 79.1 Å². The summed E-state index contributed by atoms with van der Waals surface area (Å²) in [6, 6.07) is 19.6. The van der Waals surface area contributed by atoms with E-state index in [-0.39, 0.29) is 19.6 Å². The molecule has 2 aromatic heterocycles. The van der Waals surface area contributed by atoms with Crippen LogP contribution in [0.5, 0.6) is 0 Å². The number of ether oxygens (including phenoxy) is 2. The number of pyridine rings is 1. The number of benzene rings is 2. The normalized spacial score (nSPS) is 11.6. The summed E-state index contributed by atoms with van der Waals surface area (Å²) in [6.07, 6.45) is 2.85. The Labute approximate surface area is 189 Å². The molecule has 0 saturated heterocycles. The second-order valence-electron chi connectivity index (χ2n) is 7.01. The molecule has 0 spiro atoms. The van der Waals surface area contributed by atoms with Gasteiger partial charge in [0.1, 0.15) is 19.3 Å². The molecule has 1 unspecified atom stereocenters. The molecule has 1 atom stereocenters. The molecule has 1 N–H and O–H groups in total. The molecule has 4 rings (SSSR count). The Kier molecular flexibility index (Phi) is 7.04. The summed E-state index contributed by atoms with van der Waals surface area (Å²) in [5, 5.41) is 3.32. The number of esters is 1. The standard InChI is InChI=1S/C24H21N3O4S/c28-23(30-15-17-7-3-1-4-8-17)19(13-22-26-20-14-25-12-11-21(20)32-22)27-24(29)31-16-18-9-5-2-6-10-18/h1-12,14,19H,13,15-16H2,(H,27,29). The van der Waals surface area contributed by atoms with Gasteiger partial charge >= 0.3 is 12.1 Å². The molecule has 1 amide bonds. The van der Waals surface area contributed by atoms with Gasteiger partial charge in [0.15, 0.2) is 0 Å². The number of nitrogens with one attached hydrogen (secondary N) is 1. The fraction of sp³-hybridized carbons (Fsp3) is 0.167. The Morgan fingerprint density at radius 3 is 2.22 bits per heavy atom. The molecule has 162 valence electrons. The minimum atomic E-state index is -0.935. The van der Waals surface area contributed by atoms with Crippen molar-refractivity contribution in [3.8, 4) is 0 Å². The van der Waals surface area contributed by atoms with Crippen molar-refractivity contribution in [3.63, 3.8) is 0 Å². The van der Waals surface area contributed by atoms with E-state index in [2.05, 4.69) is 15.3 Å². The van der Waals surface area contributed by atoms with Gasteiger partial charge in [-0.1, -0.05) is 60.7 Å². The first-order chi connectivity index (χ1) is 15.7. The molecule has 4 aromatic rings. The highest BCUT2D eigenvalue weighted by molar-refractivity contribution is 7.18. The number of hydrogen-bond acceptors (Lipinski definition) is 7. The van der Waals surface area contributed by atoms with Crippen LogP contribution in [0.25, 0.3) is 10.2 Å². The van der Waals surface area contributed by atoms with Gasteiger partial charge in [0.05, 0.1) is 21.4 Å². The third-order valence-electron chi connectivity index (χ3n) is 4.63. The Morgan fingerprint density at radius 2 is 1.56 bits per heavy atom. The van der Waals surface area contributed by atoms with Gasteiger partial charge in [-0.3, -0.25) is 4.98 Å². The van der Waals surface area contributed by atoms with Crippen LogP contribution in [0.3, 0.4) is 0 Å². The molecule has 0 aliphatic carbocycles. The van der Waals surface area contributed by atoms with Crippen molar-refractivity contribution >= 4 is 33.6 Å². The summed E-state index contributed by atoms with van der Waals surface area (Å²) in [4.78, 5) is 33.8. The fourth-order valence-corrected chi connectivity index (χ4v) is 4.00. The van der Waals surface area contributed by atoms with E-state index < -0.39 is 18.1 Å². The van der Waals surface area contributed by atoms with Crippen LogP contribution < -0.4 is 5.32 Å². The molecule has 8 heteroatoms. The topological polar surface area (TPSA) is 90.4 Å². The number of carbonyl (C=O) groups excluding carboxylic acids is 2. The van der Waals surface area contributed by atoms with Crippen LogP contribution in [0, 0.1) is 0 Å². The molecule has 0 aliphatic heterocycles. The summed E-state index contributed by atoms with van der Waals surface area (Å²) in [7, 11) is 0. The Hall–Kier alpha value is -3.78. The summed E-state index contributed by atoms with van der Waals surface area (Å²) < 4.78 is 11.7. The second-order valence-corrected chi connectivity index (χ2v) is 8.12. The van der Waals surface area contributed by atoms with Gasteiger partial charge in [-0.05, 0) is 17.2 Å². The maximum absolute atomic E-state index is 12.8. The molecule has 2 heterocycles. The number of carbonyl (C=O) groups is 2. The Morgan fingerprint density at radius 1 is 0.906 bits per heavy atom. The molecule has 7 nitrogen and oxygen atoms in total. The number of alkyl carbamates (subject to hydrolysis) is 1. The zero-order valence-electron chi connectivity index (χ0n) is 17.1. The van der Waals surface area contributed by atoms with Crippen LogP contribution in [0.4, 0.5) is 4.79 Å². The number of fused-ring (bicyclic) bond motifs is 1. The van der Waals surface area contributed by atoms with Gasteiger partial charge in [-0.25, -0.2) is 14.6 Å². The second kappa shape index (κ2) is 10.5. The van der Waals surface area contributed by atoms with Crippen LogP contribution in [-0.4, -0.2) is 28.1 Å². The maximum atomic E-state index is 12.8. The number of rotatable bonds is 8. The van der Waals surface area contributed by atoms with E-state index in [1.807, 2.05) is 66.7 Å². The SMILES string of the molecule is O=C(NC(Cc1nc2cnccc2s1)C(=O)OCc1ccccc1)OCc1ccccc1. The van der Waals surface area contributed by atoms with Crippen molar-refractivity contribution in [2.75, 3.05) is 0 Å². The zero-order valence-corrected chi connectivity index (χ0v) is 18.0. The third-order valence-corrected chi connectivity index (χ3v) is 5.68. The molecule has 32 heavy (non-hydrogen) atoms. The lowest BCUT2D eigenvalue weighted by Crippen LogP contribution is -2.43. The minimum Gasteiger partial charge on any atom is -0.459 e. The summed E-state index contributed by atoms with van der Waals surface area (Å²) in [6.45, 7) is 0.214. The van der Waals surface area contributed by atoms with E-state index in [1.165, 1.54) is 11.3 Å². The highest BCUT2D eigenvalue weighted by atomic mass is 32.1. The van der Waals surface area contributed by atoms with Crippen LogP contribution >= 0.6 is 11.3 Å². The largest absolute Gasteiger partial charge is 0.459 e. The average molecular weight is 448 g/mol. The molecule has 2 aromatic carbocycles. The van der Waals surface area contributed by atoms with Crippen LogP contribution in [0.1, 0.15) is 16.1 Å². The number of thiazole rings is 1. The monoisotopic (exact) mass is 447 g/mol. The Balaban J connectivity index is 1.43. The van der Waals surface area contributed by atoms with Crippen molar-refractivity contribution in [1.82, 2.24) is 15.3 Å². The summed E-state index contributed by atoms with van der Waals surface area (Å²) in [5.74, 6) is -0.553. The van der Waals surface area contributed by atoms with Crippen molar-refractivity contribution < 1.29 is 19.1 Å². The molecule has 0 saturated carbocycles. The molecule has 0 radical (unpaired) electrons. The smallest absolute Gasteiger partial charge is 0.408 e. The lowest BCUT2D eigenvalue weighted by Gasteiger charge is -2.17. The number of aromatic nitrogens is 2. The first-order valence-corrected chi connectivity index (χ1v) is 10.9. The first-order valence-electron chi connectivity index (χ1n) is 10.0. The highest BCUT2D eigenvalue weighted by Gasteiger charge is 2.25. The predicted molar refractivity (Wildman–Crippen MR) is 121 cm³/mol. The lowest BCUT2D eigenvalue weighted by molar-refractivity contribution is -0.147. The molecule has 0 bridgehead atoms. The van der Waals surface area contributed by atoms with Gasteiger partial charge in [-0.15, -0.1) is 11.3 Å². The van der Waals surface area contributed by atoms with Crippen molar-refractivity contribution in [3.05, 3.63) is 95.3 Å². The third kappa shape index (κ3) is 5.89. The molecule has 0 fully saturated rings. The summed E-state index contributed by atoms with van der Waals surface area (Å²) in [5.41, 5.74) is 2.46. The molecular formula is C24H21N3O4S. The number of amides is 1. The quantitative estimate of drug-likeness (QED) is 0.406. The van der Waals surface area contributed by atoms with Crippen LogP contribution in [-0.2, 0) is 33.9 Å². The maximum Gasteiger partial charge on any atom is 0.408 e. The van der Waals surface area contributed by atoms with Crippen molar-refractivity contribution in [2.24, 2.45) is 0 Å². The average Bonchev–Trinajstić information content (AvgIpc) is 3.24. The number of hydrogen-bond donors (Lipinski definition) is 1. The molecular weight excluding hydrogens is 426 g/mol. The van der Waals surface area contributed by atoms with E-state index in [0.717, 1.165) is 21.3 Å². The van der Waals surface area contributed by atoms with Gasteiger partial charge in [0.2, 0.25) is 0 Å². The van der Waals surface area contributed by atoms with Crippen molar-refractivity contribution in [1.29, 1.82) is 0 Å². The van der Waals surface area contributed by atoms with Gasteiger partial charge in [0.25, 0.3) is 0 Å². The Bertz CT molecular complexity index is 1150. The van der Waals surface area contributed by atoms with Crippen LogP contribution in [0.2, 0.25) is 0 Å². The van der Waals surface area contributed by atoms with Gasteiger partial charge in [-0.2, -0.15) is 0 Å². The fourth-order valence-electron chi connectivity index (χ4n) is 3.02. The first kappa shape index (κ1) is 21.5. The molecule has 0 aliphatic rings. The van der Waals surface area contributed by atoms with Gasteiger partial charge < -0.3 is 14.8 Å². The number of nitrogens with zero attached hydrogens (tertiary/aromatic N) is 2. The minimum absolute atomic E-state index is 0.102. The van der Waals surface area contributed by atoms with Crippen molar-refractivity contribution in [2.45, 2.75) is 25.7 Å². The van der Waals surface area contributed by atoms with E-state index in [4.69, 9.17) is 9.47 Å². The summed E-state index contributed by atoms with van der Waals surface area (Å²) >= 11 is 1.44. The van der Waals surface area contributed by atoms with E-state index in [0.29, 0.717) is 5.01 Å².